The Balaban J connectivity index is 1.33. The molecule has 5 rings (SSSR count). The maximum Gasteiger partial charge on any atom is 0.338 e. The number of esters is 1. The first-order valence-electron chi connectivity index (χ1n) is 11.7. The summed E-state index contributed by atoms with van der Waals surface area (Å²) in [6, 6.07) is 22.8. The van der Waals surface area contributed by atoms with E-state index in [4.69, 9.17) is 9.15 Å². The van der Waals surface area contributed by atoms with Crippen molar-refractivity contribution < 1.29 is 18.7 Å². The molecule has 0 bridgehead atoms. The third kappa shape index (κ3) is 4.27. The van der Waals surface area contributed by atoms with Gasteiger partial charge in [-0.05, 0) is 74.0 Å². The summed E-state index contributed by atoms with van der Waals surface area (Å²) in [6.45, 7) is 6.08. The largest absolute Gasteiger partial charge is 0.462 e. The molecule has 180 valence electrons. The molecule has 36 heavy (non-hydrogen) atoms. The maximum atomic E-state index is 12.7. The molecule has 0 aliphatic carbocycles. The summed E-state index contributed by atoms with van der Waals surface area (Å²) < 4.78 is 12.9. The summed E-state index contributed by atoms with van der Waals surface area (Å²) in [4.78, 5) is 24.6. The average Bonchev–Trinajstić information content (AvgIpc) is 3.45. The van der Waals surface area contributed by atoms with Crippen LogP contribution in [0.25, 0.3) is 27.4 Å². The summed E-state index contributed by atoms with van der Waals surface area (Å²) in [5.41, 5.74) is 7.43. The minimum absolute atomic E-state index is 0.200. The van der Waals surface area contributed by atoms with Gasteiger partial charge < -0.3 is 13.7 Å². The first-order valence-corrected chi connectivity index (χ1v) is 11.7. The standard InChI is InChI=1S/C29H25N3O4/c1-4-35-29(34)21-9-12-23(13-10-21)32-18(2)15-22(19(32)3)17-30-31-28(33)27-16-25-24-8-6-5-7-20(24)11-14-26(25)36-27/h5-17H,4H2,1-3H3,(H,31,33)/b30-17-. The van der Waals surface area contributed by atoms with Crippen molar-refractivity contribution in [2.45, 2.75) is 20.8 Å². The molecule has 1 N–H and O–H groups in total. The number of hydrazone groups is 1. The molecule has 0 saturated carbocycles. The van der Waals surface area contributed by atoms with Crippen LogP contribution >= 0.6 is 0 Å². The van der Waals surface area contributed by atoms with E-state index in [2.05, 4.69) is 15.1 Å². The maximum absolute atomic E-state index is 12.7. The lowest BCUT2D eigenvalue weighted by atomic mass is 10.1. The molecule has 1 amide bonds. The number of hydrogen-bond acceptors (Lipinski definition) is 5. The first kappa shape index (κ1) is 23.1. The van der Waals surface area contributed by atoms with Gasteiger partial charge in [0.05, 0.1) is 18.4 Å². The third-order valence-corrected chi connectivity index (χ3v) is 6.13. The molecule has 0 spiro atoms. The number of ether oxygens (including phenoxy) is 1. The van der Waals surface area contributed by atoms with Crippen LogP contribution in [0, 0.1) is 13.8 Å². The molecule has 0 aliphatic rings. The minimum Gasteiger partial charge on any atom is -0.462 e. The molecule has 0 unspecified atom stereocenters. The zero-order valence-electron chi connectivity index (χ0n) is 20.2. The second-order valence-corrected chi connectivity index (χ2v) is 8.44. The molecular weight excluding hydrogens is 454 g/mol. The Hall–Kier alpha value is -4.65. The highest BCUT2D eigenvalue weighted by Crippen LogP contribution is 2.28. The van der Waals surface area contributed by atoms with E-state index in [0.29, 0.717) is 17.8 Å². The second kappa shape index (κ2) is 9.54. The Kier molecular flexibility index (Phi) is 6.12. The Morgan fingerprint density at radius 2 is 1.78 bits per heavy atom. The number of benzene rings is 3. The summed E-state index contributed by atoms with van der Waals surface area (Å²) in [5, 5.41) is 7.16. The number of furan rings is 1. The van der Waals surface area contributed by atoms with Gasteiger partial charge in [0, 0.05) is 28.0 Å². The summed E-state index contributed by atoms with van der Waals surface area (Å²) >= 11 is 0. The molecule has 0 atom stereocenters. The number of carbonyl (C=O) groups excluding carboxylic acids is 2. The summed E-state index contributed by atoms with van der Waals surface area (Å²) in [7, 11) is 0. The van der Waals surface area contributed by atoms with E-state index in [1.54, 1.807) is 31.3 Å². The quantitative estimate of drug-likeness (QED) is 0.186. The zero-order valence-corrected chi connectivity index (χ0v) is 20.2. The molecule has 2 aromatic heterocycles. The molecule has 0 saturated heterocycles. The molecule has 7 heteroatoms. The van der Waals surface area contributed by atoms with E-state index in [1.807, 2.05) is 68.4 Å². The van der Waals surface area contributed by atoms with Crippen LogP contribution in [0.4, 0.5) is 0 Å². The van der Waals surface area contributed by atoms with Gasteiger partial charge in [-0.3, -0.25) is 4.79 Å². The van der Waals surface area contributed by atoms with Gasteiger partial charge in [-0.1, -0.05) is 30.3 Å². The van der Waals surface area contributed by atoms with E-state index in [9.17, 15) is 9.59 Å². The Labute approximate surface area is 208 Å². The van der Waals surface area contributed by atoms with Gasteiger partial charge in [-0.2, -0.15) is 5.10 Å². The topological polar surface area (TPSA) is 85.8 Å². The van der Waals surface area contributed by atoms with Gasteiger partial charge in [-0.15, -0.1) is 0 Å². The van der Waals surface area contributed by atoms with Crippen LogP contribution in [0.15, 0.2) is 82.3 Å². The lowest BCUT2D eigenvalue weighted by molar-refractivity contribution is 0.0526. The predicted octanol–water partition coefficient (Wildman–Crippen LogP) is 5.93. The Morgan fingerprint density at radius 1 is 1.00 bits per heavy atom. The van der Waals surface area contributed by atoms with Crippen molar-refractivity contribution >= 4 is 39.8 Å². The molecule has 0 aliphatic heterocycles. The molecule has 5 aromatic rings. The fraction of sp³-hybridized carbons (Fsp3) is 0.138. The van der Waals surface area contributed by atoms with Gasteiger partial charge in [-0.25, -0.2) is 10.2 Å². The van der Waals surface area contributed by atoms with Crippen LogP contribution < -0.4 is 5.43 Å². The first-order chi connectivity index (χ1) is 17.5. The summed E-state index contributed by atoms with van der Waals surface area (Å²) in [6.07, 6.45) is 1.61. The molecule has 0 radical (unpaired) electrons. The van der Waals surface area contributed by atoms with E-state index in [-0.39, 0.29) is 11.7 Å². The average molecular weight is 480 g/mol. The van der Waals surface area contributed by atoms with E-state index in [1.165, 1.54) is 0 Å². The lowest BCUT2D eigenvalue weighted by Gasteiger charge is -2.10. The Bertz CT molecular complexity index is 1620. The van der Waals surface area contributed by atoms with Gasteiger partial charge >= 0.3 is 11.9 Å². The van der Waals surface area contributed by atoms with Crippen molar-refractivity contribution in [2.75, 3.05) is 6.61 Å². The number of nitrogens with one attached hydrogen (secondary N) is 1. The Morgan fingerprint density at radius 3 is 2.56 bits per heavy atom. The number of hydrogen-bond donors (Lipinski definition) is 1. The number of nitrogens with zero attached hydrogens (tertiary/aromatic N) is 2. The molecule has 0 fully saturated rings. The van der Waals surface area contributed by atoms with Crippen molar-refractivity contribution in [1.29, 1.82) is 0 Å². The lowest BCUT2D eigenvalue weighted by Crippen LogP contribution is -2.16. The number of amides is 1. The van der Waals surface area contributed by atoms with Crippen LogP contribution in [-0.4, -0.2) is 29.3 Å². The molecule has 3 aromatic carbocycles. The van der Waals surface area contributed by atoms with Crippen molar-refractivity contribution in [3.63, 3.8) is 0 Å². The van der Waals surface area contributed by atoms with Crippen LogP contribution in [0.2, 0.25) is 0 Å². The van der Waals surface area contributed by atoms with Crippen molar-refractivity contribution in [3.05, 3.63) is 101 Å². The summed E-state index contributed by atoms with van der Waals surface area (Å²) in [5.74, 6) is -0.563. The number of aromatic nitrogens is 1. The molecule has 7 nitrogen and oxygen atoms in total. The number of aryl methyl sites for hydroxylation is 1. The van der Waals surface area contributed by atoms with E-state index >= 15 is 0 Å². The SMILES string of the molecule is CCOC(=O)c1ccc(-n2c(C)cc(/C=N\NC(=O)c3cc4c(ccc5ccccc54)o3)c2C)cc1. The van der Waals surface area contributed by atoms with Crippen LogP contribution in [-0.2, 0) is 4.74 Å². The van der Waals surface area contributed by atoms with Crippen molar-refractivity contribution in [3.8, 4) is 5.69 Å². The van der Waals surface area contributed by atoms with Crippen LogP contribution in [0.1, 0.15) is 44.8 Å². The number of rotatable bonds is 6. The van der Waals surface area contributed by atoms with Gasteiger partial charge in [0.1, 0.15) is 5.58 Å². The molecule has 2 heterocycles. The van der Waals surface area contributed by atoms with Gasteiger partial charge in [0.15, 0.2) is 5.76 Å². The van der Waals surface area contributed by atoms with Crippen molar-refractivity contribution in [2.24, 2.45) is 5.10 Å². The minimum atomic E-state index is -0.421. The zero-order chi connectivity index (χ0) is 25.2. The van der Waals surface area contributed by atoms with E-state index < -0.39 is 5.91 Å². The molecular formula is C29H25N3O4. The third-order valence-electron chi connectivity index (χ3n) is 6.13. The number of carbonyl (C=O) groups is 2. The van der Waals surface area contributed by atoms with Crippen LogP contribution in [0.3, 0.4) is 0 Å². The fourth-order valence-electron chi connectivity index (χ4n) is 4.40. The fourth-order valence-corrected chi connectivity index (χ4v) is 4.40. The van der Waals surface area contributed by atoms with Gasteiger partial charge in [0.25, 0.3) is 0 Å². The van der Waals surface area contributed by atoms with Crippen molar-refractivity contribution in [1.82, 2.24) is 9.99 Å². The second-order valence-electron chi connectivity index (χ2n) is 8.44. The predicted molar refractivity (Wildman–Crippen MR) is 140 cm³/mol. The van der Waals surface area contributed by atoms with E-state index in [0.717, 1.165) is 38.8 Å². The highest BCUT2D eigenvalue weighted by molar-refractivity contribution is 6.08. The smallest absolute Gasteiger partial charge is 0.338 e. The monoisotopic (exact) mass is 479 g/mol. The normalized spacial score (nSPS) is 11.4. The number of fused-ring (bicyclic) bond motifs is 3. The highest BCUT2D eigenvalue weighted by atomic mass is 16.5. The highest BCUT2D eigenvalue weighted by Gasteiger charge is 2.14. The van der Waals surface area contributed by atoms with Crippen LogP contribution in [0.5, 0.6) is 0 Å². The van der Waals surface area contributed by atoms with Gasteiger partial charge in [0.2, 0.25) is 0 Å².